The number of likely N-dealkylation sites (tertiary alicyclic amines) is 1. The van der Waals surface area contributed by atoms with E-state index in [2.05, 4.69) is 6.92 Å². The minimum absolute atomic E-state index is 0.0165. The van der Waals surface area contributed by atoms with Crippen LogP contribution < -0.4 is 0 Å². The maximum Gasteiger partial charge on any atom is 0.320 e. The molecule has 5 heteroatoms. The van der Waals surface area contributed by atoms with Crippen molar-refractivity contribution in [2.24, 2.45) is 11.8 Å². The molecular formula is C13H24N2O3. The Hall–Kier alpha value is -1.26. The van der Waals surface area contributed by atoms with Gasteiger partial charge in [0.2, 0.25) is 0 Å². The molecule has 1 fully saturated rings. The molecule has 18 heavy (non-hydrogen) atoms. The van der Waals surface area contributed by atoms with E-state index in [9.17, 15) is 9.59 Å². The average molecular weight is 256 g/mol. The van der Waals surface area contributed by atoms with E-state index in [1.165, 1.54) is 6.42 Å². The topological polar surface area (TPSA) is 60.9 Å². The number of amides is 2. The van der Waals surface area contributed by atoms with Gasteiger partial charge < -0.3 is 14.9 Å². The maximum atomic E-state index is 12.3. The lowest BCUT2D eigenvalue weighted by atomic mass is 10.0. The molecule has 2 atom stereocenters. The van der Waals surface area contributed by atoms with Crippen molar-refractivity contribution in [1.82, 2.24) is 9.80 Å². The van der Waals surface area contributed by atoms with Gasteiger partial charge in [0, 0.05) is 26.2 Å². The quantitative estimate of drug-likeness (QED) is 0.835. The lowest BCUT2D eigenvalue weighted by molar-refractivity contribution is -0.141. The number of urea groups is 1. The van der Waals surface area contributed by atoms with Crippen LogP contribution in [0.1, 0.15) is 33.6 Å². The van der Waals surface area contributed by atoms with Crippen LogP contribution in [0, 0.1) is 11.8 Å². The first-order valence-corrected chi connectivity index (χ1v) is 6.72. The van der Waals surface area contributed by atoms with Gasteiger partial charge in [-0.15, -0.1) is 0 Å². The second-order valence-corrected chi connectivity index (χ2v) is 5.25. The molecule has 1 saturated heterocycles. The van der Waals surface area contributed by atoms with Crippen LogP contribution in [0.2, 0.25) is 0 Å². The van der Waals surface area contributed by atoms with Crippen molar-refractivity contribution in [1.29, 1.82) is 0 Å². The van der Waals surface area contributed by atoms with Crippen LogP contribution in [0.5, 0.6) is 0 Å². The number of nitrogens with zero attached hydrogens (tertiary/aromatic N) is 2. The first kappa shape index (κ1) is 14.8. The highest BCUT2D eigenvalue weighted by Crippen LogP contribution is 2.17. The Balaban J connectivity index is 2.58. The first-order chi connectivity index (χ1) is 8.45. The molecule has 5 nitrogen and oxygen atoms in total. The second-order valence-electron chi connectivity index (χ2n) is 5.25. The standard InChI is InChI=1S/C13H24N2O3/c1-4-14(9-11(3)12(16)17)13(18)15-7-5-6-10(2)8-15/h10-11H,4-9H2,1-3H3,(H,16,17). The highest BCUT2D eigenvalue weighted by molar-refractivity contribution is 5.76. The number of aliphatic carboxylic acids is 1. The Morgan fingerprint density at radius 1 is 1.50 bits per heavy atom. The Kier molecular flexibility index (Phi) is 5.44. The van der Waals surface area contributed by atoms with E-state index in [0.29, 0.717) is 12.5 Å². The third kappa shape index (κ3) is 3.89. The van der Waals surface area contributed by atoms with Crippen LogP contribution in [0.4, 0.5) is 4.79 Å². The van der Waals surface area contributed by atoms with Gasteiger partial charge in [0.05, 0.1) is 5.92 Å². The molecule has 1 heterocycles. The lowest BCUT2D eigenvalue weighted by Gasteiger charge is -2.35. The smallest absolute Gasteiger partial charge is 0.320 e. The van der Waals surface area contributed by atoms with Gasteiger partial charge in [-0.1, -0.05) is 13.8 Å². The van der Waals surface area contributed by atoms with Crippen LogP contribution in [-0.2, 0) is 4.79 Å². The van der Waals surface area contributed by atoms with E-state index < -0.39 is 11.9 Å². The average Bonchev–Trinajstić information content (AvgIpc) is 2.34. The summed E-state index contributed by atoms with van der Waals surface area (Å²) in [4.78, 5) is 26.6. The fourth-order valence-corrected chi connectivity index (χ4v) is 2.31. The zero-order chi connectivity index (χ0) is 13.7. The van der Waals surface area contributed by atoms with Crippen molar-refractivity contribution in [3.05, 3.63) is 0 Å². The van der Waals surface area contributed by atoms with Gasteiger partial charge >= 0.3 is 12.0 Å². The number of carbonyl (C=O) groups excluding carboxylic acids is 1. The van der Waals surface area contributed by atoms with E-state index in [0.717, 1.165) is 19.5 Å². The molecule has 104 valence electrons. The Morgan fingerprint density at radius 2 is 2.17 bits per heavy atom. The minimum atomic E-state index is -0.853. The summed E-state index contributed by atoms with van der Waals surface area (Å²) < 4.78 is 0. The van der Waals surface area contributed by atoms with Crippen LogP contribution in [0.15, 0.2) is 0 Å². The number of piperidine rings is 1. The summed E-state index contributed by atoms with van der Waals surface area (Å²) in [5.74, 6) is -0.831. The summed E-state index contributed by atoms with van der Waals surface area (Å²) in [6.07, 6.45) is 2.21. The molecule has 2 amide bonds. The number of carboxylic acids is 1. The summed E-state index contributed by atoms with van der Waals surface area (Å²) in [7, 11) is 0. The van der Waals surface area contributed by atoms with Crippen molar-refractivity contribution < 1.29 is 14.7 Å². The molecule has 0 bridgehead atoms. The van der Waals surface area contributed by atoms with Crippen LogP contribution in [0.25, 0.3) is 0 Å². The fraction of sp³-hybridized carbons (Fsp3) is 0.846. The normalized spacial score (nSPS) is 21.5. The molecular weight excluding hydrogens is 232 g/mol. The third-order valence-electron chi connectivity index (χ3n) is 3.50. The molecule has 0 aromatic rings. The zero-order valence-electron chi connectivity index (χ0n) is 11.6. The highest BCUT2D eigenvalue weighted by Gasteiger charge is 2.26. The van der Waals surface area contributed by atoms with E-state index >= 15 is 0 Å². The highest BCUT2D eigenvalue weighted by atomic mass is 16.4. The molecule has 0 aromatic carbocycles. The number of carboxylic acid groups (broad SMARTS) is 1. The van der Waals surface area contributed by atoms with Gasteiger partial charge in [-0.3, -0.25) is 4.79 Å². The molecule has 0 aliphatic carbocycles. The molecule has 0 radical (unpaired) electrons. The largest absolute Gasteiger partial charge is 0.481 e. The molecule has 2 unspecified atom stereocenters. The maximum absolute atomic E-state index is 12.3. The molecule has 1 aliphatic heterocycles. The van der Waals surface area contributed by atoms with Crippen LogP contribution >= 0.6 is 0 Å². The minimum Gasteiger partial charge on any atom is -0.481 e. The molecule has 0 aromatic heterocycles. The van der Waals surface area contributed by atoms with Gasteiger partial charge in [0.25, 0.3) is 0 Å². The third-order valence-corrected chi connectivity index (χ3v) is 3.50. The second kappa shape index (κ2) is 6.61. The monoisotopic (exact) mass is 256 g/mol. The van der Waals surface area contributed by atoms with E-state index in [-0.39, 0.29) is 12.6 Å². The summed E-state index contributed by atoms with van der Waals surface area (Å²) in [5.41, 5.74) is 0. The lowest BCUT2D eigenvalue weighted by Crippen LogP contribution is -2.48. The van der Waals surface area contributed by atoms with Gasteiger partial charge in [-0.2, -0.15) is 0 Å². The summed E-state index contributed by atoms with van der Waals surface area (Å²) in [6, 6.07) is -0.0165. The molecule has 0 spiro atoms. The summed E-state index contributed by atoms with van der Waals surface area (Å²) in [6.45, 7) is 8.10. The van der Waals surface area contributed by atoms with Gasteiger partial charge in [-0.25, -0.2) is 4.79 Å². The predicted octanol–water partition coefficient (Wildman–Crippen LogP) is 1.88. The fourth-order valence-electron chi connectivity index (χ4n) is 2.31. The molecule has 1 N–H and O–H groups in total. The Morgan fingerprint density at radius 3 is 2.67 bits per heavy atom. The van der Waals surface area contributed by atoms with Crippen LogP contribution in [0.3, 0.4) is 0 Å². The van der Waals surface area contributed by atoms with Crippen molar-refractivity contribution in [3.63, 3.8) is 0 Å². The van der Waals surface area contributed by atoms with Crippen LogP contribution in [-0.4, -0.2) is 53.1 Å². The SMILES string of the molecule is CCN(CC(C)C(=O)O)C(=O)N1CCCC(C)C1. The number of hydrogen-bond donors (Lipinski definition) is 1. The first-order valence-electron chi connectivity index (χ1n) is 6.72. The number of hydrogen-bond acceptors (Lipinski definition) is 2. The number of rotatable bonds is 4. The summed E-state index contributed by atoms with van der Waals surface area (Å²) >= 11 is 0. The molecule has 1 aliphatic rings. The van der Waals surface area contributed by atoms with Crippen molar-refractivity contribution >= 4 is 12.0 Å². The Bertz CT molecular complexity index is 307. The molecule has 1 rings (SSSR count). The van der Waals surface area contributed by atoms with Gasteiger partial charge in [0.1, 0.15) is 0 Å². The van der Waals surface area contributed by atoms with Crippen molar-refractivity contribution in [3.8, 4) is 0 Å². The van der Waals surface area contributed by atoms with Crippen molar-refractivity contribution in [2.75, 3.05) is 26.2 Å². The van der Waals surface area contributed by atoms with Crippen molar-refractivity contribution in [2.45, 2.75) is 33.6 Å². The number of carbonyl (C=O) groups is 2. The predicted molar refractivity (Wildman–Crippen MR) is 69.4 cm³/mol. The van der Waals surface area contributed by atoms with E-state index in [4.69, 9.17) is 5.11 Å². The van der Waals surface area contributed by atoms with Gasteiger partial charge in [0.15, 0.2) is 0 Å². The van der Waals surface area contributed by atoms with Gasteiger partial charge in [-0.05, 0) is 25.7 Å². The Labute approximate surface area is 109 Å². The zero-order valence-corrected chi connectivity index (χ0v) is 11.6. The van der Waals surface area contributed by atoms with E-state index in [1.54, 1.807) is 11.8 Å². The molecule has 0 saturated carbocycles. The summed E-state index contributed by atoms with van der Waals surface area (Å²) in [5, 5.41) is 8.91. The van der Waals surface area contributed by atoms with E-state index in [1.807, 2.05) is 11.8 Å².